The van der Waals surface area contributed by atoms with Crippen molar-refractivity contribution in [2.75, 3.05) is 11.9 Å². The number of aryl methyl sites for hydroxylation is 1. The lowest BCUT2D eigenvalue weighted by molar-refractivity contribution is 0.628. The maximum Gasteiger partial charge on any atom is 0.161 e. The first kappa shape index (κ1) is 16.2. The molecule has 0 spiro atoms. The molecular formula is C15H16BrClFN3. The van der Waals surface area contributed by atoms with Crippen LogP contribution < -0.4 is 5.32 Å². The molecule has 0 saturated heterocycles. The molecule has 0 bridgehead atoms. The number of halogens is 3. The van der Waals surface area contributed by atoms with Gasteiger partial charge in [0.1, 0.15) is 11.6 Å². The predicted molar refractivity (Wildman–Crippen MR) is 88.3 cm³/mol. The molecular weight excluding hydrogens is 357 g/mol. The van der Waals surface area contributed by atoms with E-state index in [1.165, 1.54) is 12.1 Å². The lowest BCUT2D eigenvalue weighted by Crippen LogP contribution is -2.07. The molecule has 0 amide bonds. The lowest BCUT2D eigenvalue weighted by atomic mass is 10.2. The van der Waals surface area contributed by atoms with E-state index in [0.717, 1.165) is 35.4 Å². The van der Waals surface area contributed by atoms with Gasteiger partial charge in [0.15, 0.2) is 5.82 Å². The highest BCUT2D eigenvalue weighted by molar-refractivity contribution is 9.10. The van der Waals surface area contributed by atoms with Crippen LogP contribution in [0.25, 0.3) is 11.4 Å². The van der Waals surface area contributed by atoms with Crippen molar-refractivity contribution < 1.29 is 4.39 Å². The predicted octanol–water partition coefficient (Wildman–Crippen LogP) is 5.08. The van der Waals surface area contributed by atoms with Crippen LogP contribution in [0.4, 0.5) is 10.2 Å². The number of nitrogens with one attached hydrogen (secondary N) is 1. The number of anilines is 1. The van der Waals surface area contributed by atoms with Gasteiger partial charge in [-0.05, 0) is 47.0 Å². The summed E-state index contributed by atoms with van der Waals surface area (Å²) in [6.07, 6.45) is 1.74. The monoisotopic (exact) mass is 371 g/mol. The van der Waals surface area contributed by atoms with Crippen LogP contribution in [0.3, 0.4) is 0 Å². The number of aromatic nitrogens is 2. The summed E-state index contributed by atoms with van der Waals surface area (Å²) in [7, 11) is 0. The van der Waals surface area contributed by atoms with Crippen LogP contribution in [-0.2, 0) is 6.42 Å². The highest BCUT2D eigenvalue weighted by Crippen LogP contribution is 2.29. The van der Waals surface area contributed by atoms with Gasteiger partial charge in [-0.3, -0.25) is 0 Å². The average Bonchev–Trinajstić information content (AvgIpc) is 2.45. The second-order valence-electron chi connectivity index (χ2n) is 4.59. The van der Waals surface area contributed by atoms with Crippen molar-refractivity contribution in [1.29, 1.82) is 0 Å². The fraction of sp³-hybridized carbons (Fsp3) is 0.333. The third-order valence-electron chi connectivity index (χ3n) is 2.92. The molecule has 0 fully saturated rings. The summed E-state index contributed by atoms with van der Waals surface area (Å²) in [5.41, 5.74) is 1.45. The fourth-order valence-corrected chi connectivity index (χ4v) is 2.72. The van der Waals surface area contributed by atoms with E-state index in [1.54, 1.807) is 6.07 Å². The van der Waals surface area contributed by atoms with E-state index in [0.29, 0.717) is 16.4 Å². The Labute approximate surface area is 137 Å². The van der Waals surface area contributed by atoms with Gasteiger partial charge in [0.05, 0.1) is 10.2 Å². The Balaban J connectivity index is 2.52. The molecule has 0 radical (unpaired) electrons. The third kappa shape index (κ3) is 3.92. The molecule has 0 aliphatic rings. The molecule has 0 unspecified atom stereocenters. The molecule has 1 aromatic heterocycles. The molecule has 3 nitrogen and oxygen atoms in total. The Morgan fingerprint density at radius 2 is 2.00 bits per heavy atom. The zero-order valence-corrected chi connectivity index (χ0v) is 14.2. The first-order chi connectivity index (χ1) is 10.0. The van der Waals surface area contributed by atoms with Gasteiger partial charge < -0.3 is 5.32 Å². The number of hydrogen-bond donors (Lipinski definition) is 1. The molecule has 1 aromatic carbocycles. The van der Waals surface area contributed by atoms with E-state index in [1.807, 2.05) is 6.92 Å². The minimum Gasteiger partial charge on any atom is -0.369 e. The largest absolute Gasteiger partial charge is 0.369 e. The zero-order chi connectivity index (χ0) is 15.4. The highest BCUT2D eigenvalue weighted by Gasteiger charge is 2.13. The molecule has 0 aliphatic carbocycles. The zero-order valence-electron chi connectivity index (χ0n) is 11.9. The van der Waals surface area contributed by atoms with Gasteiger partial charge in [0.2, 0.25) is 0 Å². The second kappa shape index (κ2) is 7.18. The Morgan fingerprint density at radius 3 is 2.62 bits per heavy atom. The van der Waals surface area contributed by atoms with E-state index < -0.39 is 5.82 Å². The average molecular weight is 373 g/mol. The van der Waals surface area contributed by atoms with Crippen LogP contribution in [0, 0.1) is 5.82 Å². The summed E-state index contributed by atoms with van der Waals surface area (Å²) in [6, 6.07) is 4.32. The first-order valence-electron chi connectivity index (χ1n) is 6.81. The Morgan fingerprint density at radius 1 is 1.24 bits per heavy atom. The van der Waals surface area contributed by atoms with Crippen LogP contribution >= 0.6 is 27.5 Å². The summed E-state index contributed by atoms with van der Waals surface area (Å²) >= 11 is 9.43. The minimum atomic E-state index is -0.398. The van der Waals surface area contributed by atoms with Crippen molar-refractivity contribution in [3.63, 3.8) is 0 Å². The summed E-state index contributed by atoms with van der Waals surface area (Å²) in [5, 5.41) is 3.58. The van der Waals surface area contributed by atoms with Gasteiger partial charge >= 0.3 is 0 Å². The Bertz CT molecular complexity index is 629. The van der Waals surface area contributed by atoms with Crippen molar-refractivity contribution in [2.45, 2.75) is 26.7 Å². The topological polar surface area (TPSA) is 37.8 Å². The number of rotatable bonds is 5. The smallest absolute Gasteiger partial charge is 0.161 e. The lowest BCUT2D eigenvalue weighted by Gasteiger charge is -2.12. The first-order valence-corrected chi connectivity index (χ1v) is 7.99. The molecule has 2 aromatic rings. The van der Waals surface area contributed by atoms with Crippen LogP contribution in [0.15, 0.2) is 22.7 Å². The molecule has 21 heavy (non-hydrogen) atoms. The summed E-state index contributed by atoms with van der Waals surface area (Å²) < 4.78 is 14.4. The fourth-order valence-electron chi connectivity index (χ4n) is 1.90. The molecule has 1 heterocycles. The quantitative estimate of drug-likeness (QED) is 0.795. The Kier molecular flexibility index (Phi) is 5.53. The van der Waals surface area contributed by atoms with Crippen molar-refractivity contribution in [3.8, 4) is 11.4 Å². The van der Waals surface area contributed by atoms with Gasteiger partial charge in [-0.1, -0.05) is 25.4 Å². The molecule has 1 N–H and O–H groups in total. The minimum absolute atomic E-state index is 0.331. The molecule has 0 saturated carbocycles. The van der Waals surface area contributed by atoms with E-state index in [-0.39, 0.29) is 0 Å². The summed E-state index contributed by atoms with van der Waals surface area (Å²) in [6.45, 7) is 4.90. The van der Waals surface area contributed by atoms with E-state index in [4.69, 9.17) is 11.6 Å². The van der Waals surface area contributed by atoms with Gasteiger partial charge in [-0.2, -0.15) is 0 Å². The van der Waals surface area contributed by atoms with Crippen LogP contribution in [0.5, 0.6) is 0 Å². The molecule has 0 aliphatic heterocycles. The van der Waals surface area contributed by atoms with Crippen molar-refractivity contribution in [2.24, 2.45) is 0 Å². The maximum absolute atomic E-state index is 13.5. The van der Waals surface area contributed by atoms with Crippen molar-refractivity contribution in [3.05, 3.63) is 39.2 Å². The summed E-state index contributed by atoms with van der Waals surface area (Å²) in [5.74, 6) is 0.791. The molecule has 2 rings (SSSR count). The Hall–Kier alpha value is -1.20. The number of nitrogens with zero attached hydrogens (tertiary/aromatic N) is 2. The standard InChI is InChI=1S/C15H16BrClFN3/c1-3-5-19-15-13(16)12(4-2)20-14(21-15)9-6-10(17)8-11(18)7-9/h6-8H,3-5H2,1-2H3,(H,19,20,21). The SMILES string of the molecule is CCCNc1nc(-c2cc(F)cc(Cl)c2)nc(CC)c1Br. The normalized spacial score (nSPS) is 10.7. The van der Waals surface area contributed by atoms with Gasteiger partial charge in [-0.25, -0.2) is 14.4 Å². The van der Waals surface area contributed by atoms with E-state index >= 15 is 0 Å². The van der Waals surface area contributed by atoms with Crippen molar-refractivity contribution in [1.82, 2.24) is 9.97 Å². The number of benzene rings is 1. The van der Waals surface area contributed by atoms with E-state index in [2.05, 4.69) is 38.1 Å². The highest BCUT2D eigenvalue weighted by atomic mass is 79.9. The summed E-state index contributed by atoms with van der Waals surface area (Å²) in [4.78, 5) is 8.97. The van der Waals surface area contributed by atoms with Gasteiger partial charge in [-0.15, -0.1) is 0 Å². The number of hydrogen-bond acceptors (Lipinski definition) is 3. The maximum atomic E-state index is 13.5. The van der Waals surface area contributed by atoms with Crippen LogP contribution in [-0.4, -0.2) is 16.5 Å². The molecule has 6 heteroatoms. The second-order valence-corrected chi connectivity index (χ2v) is 5.82. The molecule has 0 atom stereocenters. The van der Waals surface area contributed by atoms with Gasteiger partial charge in [0.25, 0.3) is 0 Å². The van der Waals surface area contributed by atoms with Crippen LogP contribution in [0.1, 0.15) is 26.0 Å². The third-order valence-corrected chi connectivity index (χ3v) is 3.97. The van der Waals surface area contributed by atoms with E-state index in [9.17, 15) is 4.39 Å². The molecule has 112 valence electrons. The van der Waals surface area contributed by atoms with Crippen LogP contribution in [0.2, 0.25) is 5.02 Å². The van der Waals surface area contributed by atoms with Gasteiger partial charge in [0, 0.05) is 17.1 Å². The van der Waals surface area contributed by atoms with Crippen molar-refractivity contribution >= 4 is 33.3 Å².